The highest BCUT2D eigenvalue weighted by Gasteiger charge is 2.31. The molecule has 0 aliphatic carbocycles. The van der Waals surface area contributed by atoms with Crippen LogP contribution in [0, 0.1) is 5.41 Å². The average Bonchev–Trinajstić information content (AvgIpc) is 2.56. The van der Waals surface area contributed by atoms with E-state index in [1.807, 2.05) is 0 Å². The van der Waals surface area contributed by atoms with Crippen molar-refractivity contribution in [2.75, 3.05) is 13.6 Å². The summed E-state index contributed by atoms with van der Waals surface area (Å²) in [7, 11) is 1.79. The quantitative estimate of drug-likeness (QED) is 0.474. The minimum atomic E-state index is 0.0115. The van der Waals surface area contributed by atoms with Crippen LogP contribution in [-0.4, -0.2) is 46.5 Å². The normalized spacial score (nSPS) is 23.3. The van der Waals surface area contributed by atoms with Crippen molar-refractivity contribution in [1.82, 2.24) is 15.3 Å². The third-order valence-corrected chi connectivity index (χ3v) is 2.71. The van der Waals surface area contributed by atoms with Crippen molar-refractivity contribution >= 4 is 35.2 Å². The van der Waals surface area contributed by atoms with Crippen molar-refractivity contribution in [1.29, 1.82) is 5.41 Å². The van der Waals surface area contributed by atoms with E-state index >= 15 is 0 Å². The van der Waals surface area contributed by atoms with Crippen LogP contribution in [0.5, 0.6) is 0 Å². The first kappa shape index (κ1) is 12.2. The number of hydrogen-bond acceptors (Lipinski definition) is 5. The first-order valence-corrected chi connectivity index (χ1v) is 5.59. The summed E-state index contributed by atoms with van der Waals surface area (Å²) in [5.74, 6) is 0.894. The zero-order valence-corrected chi connectivity index (χ0v) is 10.7. The Morgan fingerprint density at radius 1 is 1.67 bits per heavy atom. The van der Waals surface area contributed by atoms with Gasteiger partial charge in [-0.15, -0.1) is 6.58 Å². The molecule has 0 spiro atoms. The molecule has 2 aliphatic rings. The molecule has 2 aliphatic heterocycles. The highest BCUT2D eigenvalue weighted by Crippen LogP contribution is 2.22. The van der Waals surface area contributed by atoms with Crippen molar-refractivity contribution in [3.05, 3.63) is 24.2 Å². The molecule has 0 unspecified atom stereocenters. The minimum Gasteiger partial charge on any atom is -0.382 e. The van der Waals surface area contributed by atoms with E-state index in [9.17, 15) is 0 Å². The summed E-state index contributed by atoms with van der Waals surface area (Å²) in [4.78, 5) is 9.82. The maximum Gasteiger partial charge on any atom is 0.194 e. The lowest BCUT2D eigenvalue weighted by Crippen LogP contribution is -2.29. The van der Waals surface area contributed by atoms with Crippen LogP contribution >= 0.6 is 12.2 Å². The molecule has 94 valence electrons. The largest absolute Gasteiger partial charge is 0.382 e. The predicted molar refractivity (Wildman–Crippen MR) is 75.3 cm³/mol. The summed E-state index contributed by atoms with van der Waals surface area (Å²) in [6.45, 7) is 4.21. The zero-order chi connectivity index (χ0) is 13.3. The van der Waals surface area contributed by atoms with Gasteiger partial charge in [-0.3, -0.25) is 20.7 Å². The van der Waals surface area contributed by atoms with E-state index in [-0.39, 0.29) is 11.7 Å². The van der Waals surface area contributed by atoms with Gasteiger partial charge in [-0.1, -0.05) is 6.08 Å². The Morgan fingerprint density at radius 2 is 2.39 bits per heavy atom. The second-order valence-corrected chi connectivity index (χ2v) is 4.08. The van der Waals surface area contributed by atoms with Crippen LogP contribution in [0.4, 0.5) is 0 Å². The van der Waals surface area contributed by atoms with E-state index in [1.165, 1.54) is 6.21 Å². The van der Waals surface area contributed by atoms with Crippen LogP contribution in [0.3, 0.4) is 0 Å². The number of nitrogens with zero attached hydrogens (tertiary/aromatic N) is 4. The van der Waals surface area contributed by atoms with Gasteiger partial charge in [0.1, 0.15) is 11.5 Å². The van der Waals surface area contributed by atoms with Gasteiger partial charge in [0, 0.05) is 13.6 Å². The summed E-state index contributed by atoms with van der Waals surface area (Å²) in [6, 6.07) is 0. The predicted octanol–water partition coefficient (Wildman–Crippen LogP) is -0.203. The molecular formula is C10H13N7S. The molecule has 1 saturated heterocycles. The first-order chi connectivity index (χ1) is 8.54. The topological polar surface area (TPSA) is 93.1 Å². The zero-order valence-electron chi connectivity index (χ0n) is 9.84. The highest BCUT2D eigenvalue weighted by atomic mass is 32.1. The highest BCUT2D eigenvalue weighted by molar-refractivity contribution is 7.80. The van der Waals surface area contributed by atoms with E-state index in [0.29, 0.717) is 23.2 Å². The van der Waals surface area contributed by atoms with Crippen LogP contribution in [0.25, 0.3) is 0 Å². The molecule has 0 saturated carbocycles. The molecular weight excluding hydrogens is 250 g/mol. The van der Waals surface area contributed by atoms with E-state index < -0.39 is 0 Å². The molecule has 0 radical (unpaired) electrons. The summed E-state index contributed by atoms with van der Waals surface area (Å²) in [6.07, 6.45) is 3.14. The summed E-state index contributed by atoms with van der Waals surface area (Å²) >= 11 is 5.20. The van der Waals surface area contributed by atoms with Crippen molar-refractivity contribution in [2.24, 2.45) is 15.7 Å². The molecule has 1 fully saturated rings. The fraction of sp³-hybridized carbons (Fsp3) is 0.200. The van der Waals surface area contributed by atoms with Gasteiger partial charge in [0.2, 0.25) is 0 Å². The van der Waals surface area contributed by atoms with E-state index in [0.717, 1.165) is 0 Å². The molecule has 0 bridgehead atoms. The monoisotopic (exact) mass is 263 g/mol. The average molecular weight is 263 g/mol. The van der Waals surface area contributed by atoms with E-state index in [2.05, 4.69) is 22.0 Å². The maximum atomic E-state index is 7.83. The SMILES string of the molecule is C=CCN1C(=S)NN(C)/C1=C1/N=CC(N)=NC1=N. The van der Waals surface area contributed by atoms with Gasteiger partial charge in [0.05, 0.1) is 6.21 Å². The second kappa shape index (κ2) is 4.57. The Hall–Kier alpha value is -2.22. The van der Waals surface area contributed by atoms with Gasteiger partial charge in [-0.05, 0) is 12.2 Å². The van der Waals surface area contributed by atoms with Gasteiger partial charge in [-0.25, -0.2) is 9.98 Å². The second-order valence-electron chi connectivity index (χ2n) is 3.69. The van der Waals surface area contributed by atoms with E-state index in [4.69, 9.17) is 23.4 Å². The number of aliphatic imine (C=N–C) groups is 2. The minimum absolute atomic E-state index is 0.0115. The van der Waals surface area contributed by atoms with Crippen LogP contribution in [-0.2, 0) is 0 Å². The number of amidine groups is 2. The summed E-state index contributed by atoms with van der Waals surface area (Å²) in [5.41, 5.74) is 8.88. The maximum absolute atomic E-state index is 7.83. The lowest BCUT2D eigenvalue weighted by atomic mass is 10.3. The molecule has 0 aromatic carbocycles. The number of hydrogen-bond donors (Lipinski definition) is 3. The number of thiocarbonyl (C=S) groups is 1. The van der Waals surface area contributed by atoms with Crippen molar-refractivity contribution < 1.29 is 0 Å². The molecule has 0 aromatic heterocycles. The van der Waals surface area contributed by atoms with E-state index in [1.54, 1.807) is 23.0 Å². The van der Waals surface area contributed by atoms with Crippen LogP contribution in [0.15, 0.2) is 34.2 Å². The number of rotatable bonds is 2. The Labute approximate surface area is 110 Å². The fourth-order valence-electron chi connectivity index (χ4n) is 1.69. The third kappa shape index (κ3) is 1.97. The fourth-order valence-corrected chi connectivity index (χ4v) is 1.98. The van der Waals surface area contributed by atoms with Gasteiger partial charge in [-0.2, -0.15) is 0 Å². The number of nitrogens with one attached hydrogen (secondary N) is 2. The molecule has 0 amide bonds. The van der Waals surface area contributed by atoms with Crippen molar-refractivity contribution in [2.45, 2.75) is 0 Å². The summed E-state index contributed by atoms with van der Waals surface area (Å²) in [5, 5.41) is 10.1. The van der Waals surface area contributed by atoms with Crippen LogP contribution in [0.2, 0.25) is 0 Å². The van der Waals surface area contributed by atoms with Crippen molar-refractivity contribution in [3.8, 4) is 0 Å². The number of nitrogens with two attached hydrogens (primary N) is 1. The molecule has 7 nitrogen and oxygen atoms in total. The summed E-state index contributed by atoms with van der Waals surface area (Å²) < 4.78 is 0. The molecule has 0 atom stereocenters. The third-order valence-electron chi connectivity index (χ3n) is 2.40. The van der Waals surface area contributed by atoms with Gasteiger partial charge in [0.25, 0.3) is 0 Å². The molecule has 0 aromatic rings. The molecule has 2 heterocycles. The van der Waals surface area contributed by atoms with Gasteiger partial charge >= 0.3 is 0 Å². The molecule has 18 heavy (non-hydrogen) atoms. The van der Waals surface area contributed by atoms with Crippen LogP contribution in [0.1, 0.15) is 0 Å². The Kier molecular flexibility index (Phi) is 3.11. The smallest absolute Gasteiger partial charge is 0.194 e. The van der Waals surface area contributed by atoms with Crippen LogP contribution < -0.4 is 11.2 Å². The standard InChI is InChI=1S/C10H13N7S/c1-3-4-17-9(16(2)15-10(17)18)7-8(12)14-6(11)5-13-7/h3,5H,1,4H2,2H3,(H,15,18)(H3,11,12,14)/b9-7-. The van der Waals surface area contributed by atoms with Gasteiger partial charge < -0.3 is 5.73 Å². The number of hydrazine groups is 1. The molecule has 2 rings (SSSR count). The van der Waals surface area contributed by atoms with Gasteiger partial charge in [0.15, 0.2) is 16.8 Å². The molecule has 8 heteroatoms. The lowest BCUT2D eigenvalue weighted by molar-refractivity contribution is 0.357. The first-order valence-electron chi connectivity index (χ1n) is 5.18. The lowest BCUT2D eigenvalue weighted by Gasteiger charge is -2.20. The van der Waals surface area contributed by atoms with Crippen molar-refractivity contribution in [3.63, 3.8) is 0 Å². The molecule has 4 N–H and O–H groups in total. The Bertz CT molecular complexity index is 516. The Morgan fingerprint density at radius 3 is 3.00 bits per heavy atom. The Balaban J connectivity index is 2.47.